The smallest absolute Gasteiger partial charge is 0.119 e. The average Bonchev–Trinajstić information content (AvgIpc) is 2.61. The SMILES string of the molecule is CCCC1NCc2ccc(OC)cc21. The number of fused-ring (bicyclic) bond motifs is 1. The fourth-order valence-corrected chi connectivity index (χ4v) is 2.07. The molecule has 1 aromatic rings. The minimum absolute atomic E-state index is 0.532. The lowest BCUT2D eigenvalue weighted by atomic mass is 10.0. The second-order valence-corrected chi connectivity index (χ2v) is 3.79. The Hall–Kier alpha value is -1.02. The Morgan fingerprint density at radius 3 is 3.07 bits per heavy atom. The van der Waals surface area contributed by atoms with Gasteiger partial charge in [0.2, 0.25) is 0 Å². The molecule has 1 aliphatic heterocycles. The third kappa shape index (κ3) is 1.62. The lowest BCUT2D eigenvalue weighted by Gasteiger charge is -2.11. The largest absolute Gasteiger partial charge is 0.497 e. The maximum absolute atomic E-state index is 5.24. The first-order valence-corrected chi connectivity index (χ1v) is 5.25. The fraction of sp³-hybridized carbons (Fsp3) is 0.500. The molecular weight excluding hydrogens is 174 g/mol. The van der Waals surface area contributed by atoms with E-state index in [2.05, 4.69) is 24.4 Å². The van der Waals surface area contributed by atoms with Crippen molar-refractivity contribution in [3.05, 3.63) is 29.3 Å². The Labute approximate surface area is 85.3 Å². The van der Waals surface area contributed by atoms with Crippen LogP contribution in [-0.2, 0) is 6.54 Å². The van der Waals surface area contributed by atoms with Gasteiger partial charge in [0.1, 0.15) is 5.75 Å². The van der Waals surface area contributed by atoms with Crippen LogP contribution in [0.25, 0.3) is 0 Å². The molecule has 0 fully saturated rings. The molecule has 0 aromatic heterocycles. The van der Waals surface area contributed by atoms with Crippen LogP contribution in [0.15, 0.2) is 18.2 Å². The molecule has 1 aliphatic rings. The van der Waals surface area contributed by atoms with E-state index in [1.54, 1.807) is 7.11 Å². The molecule has 0 saturated carbocycles. The van der Waals surface area contributed by atoms with Gasteiger partial charge in [-0.3, -0.25) is 0 Å². The Kier molecular flexibility index (Phi) is 2.73. The summed E-state index contributed by atoms with van der Waals surface area (Å²) < 4.78 is 5.24. The maximum Gasteiger partial charge on any atom is 0.119 e. The van der Waals surface area contributed by atoms with Crippen LogP contribution in [0.4, 0.5) is 0 Å². The monoisotopic (exact) mass is 191 g/mol. The van der Waals surface area contributed by atoms with Crippen LogP contribution in [0, 0.1) is 0 Å². The molecule has 1 heterocycles. The molecule has 1 N–H and O–H groups in total. The molecule has 2 heteroatoms. The van der Waals surface area contributed by atoms with Crippen LogP contribution < -0.4 is 10.1 Å². The summed E-state index contributed by atoms with van der Waals surface area (Å²) in [7, 11) is 1.72. The Balaban J connectivity index is 2.27. The highest BCUT2D eigenvalue weighted by atomic mass is 16.5. The van der Waals surface area contributed by atoms with Crippen LogP contribution in [0.3, 0.4) is 0 Å². The standard InChI is InChI=1S/C12H17NO/c1-3-4-12-11-7-10(14-2)6-5-9(11)8-13-12/h5-7,12-13H,3-4,8H2,1-2H3. The van der Waals surface area contributed by atoms with E-state index in [1.807, 2.05) is 6.07 Å². The molecule has 2 rings (SSSR count). The van der Waals surface area contributed by atoms with Crippen molar-refractivity contribution in [2.75, 3.05) is 7.11 Å². The number of rotatable bonds is 3. The summed E-state index contributed by atoms with van der Waals surface area (Å²) in [6.45, 7) is 3.23. The second kappa shape index (κ2) is 4.01. The summed E-state index contributed by atoms with van der Waals surface area (Å²) in [5, 5.41) is 3.52. The fourth-order valence-electron chi connectivity index (χ4n) is 2.07. The van der Waals surface area contributed by atoms with Crippen molar-refractivity contribution < 1.29 is 4.74 Å². The van der Waals surface area contributed by atoms with Gasteiger partial charge in [0.25, 0.3) is 0 Å². The lowest BCUT2D eigenvalue weighted by molar-refractivity contribution is 0.413. The van der Waals surface area contributed by atoms with Crippen molar-refractivity contribution in [3.63, 3.8) is 0 Å². The van der Waals surface area contributed by atoms with Crippen molar-refractivity contribution in [1.29, 1.82) is 0 Å². The highest BCUT2D eigenvalue weighted by Gasteiger charge is 2.20. The van der Waals surface area contributed by atoms with E-state index in [0.29, 0.717) is 6.04 Å². The van der Waals surface area contributed by atoms with E-state index >= 15 is 0 Å². The van der Waals surface area contributed by atoms with Gasteiger partial charge < -0.3 is 10.1 Å². The minimum atomic E-state index is 0.532. The molecule has 0 bridgehead atoms. The van der Waals surface area contributed by atoms with Crippen LogP contribution in [0.1, 0.15) is 36.9 Å². The molecule has 1 unspecified atom stereocenters. The maximum atomic E-state index is 5.24. The summed E-state index contributed by atoms with van der Waals surface area (Å²) in [6, 6.07) is 6.89. The highest BCUT2D eigenvalue weighted by molar-refractivity contribution is 5.40. The Morgan fingerprint density at radius 1 is 1.50 bits per heavy atom. The molecule has 0 spiro atoms. The van der Waals surface area contributed by atoms with Crippen LogP contribution in [-0.4, -0.2) is 7.11 Å². The van der Waals surface area contributed by atoms with Gasteiger partial charge in [0.15, 0.2) is 0 Å². The zero-order valence-electron chi connectivity index (χ0n) is 8.84. The van der Waals surface area contributed by atoms with Crippen molar-refractivity contribution in [2.24, 2.45) is 0 Å². The molecule has 1 atom stereocenters. The minimum Gasteiger partial charge on any atom is -0.497 e. The van der Waals surface area contributed by atoms with Gasteiger partial charge in [-0.2, -0.15) is 0 Å². The third-order valence-electron chi connectivity index (χ3n) is 2.84. The summed E-state index contributed by atoms with van der Waals surface area (Å²) in [6.07, 6.45) is 2.43. The van der Waals surface area contributed by atoms with Gasteiger partial charge in [-0.1, -0.05) is 19.4 Å². The zero-order valence-corrected chi connectivity index (χ0v) is 8.84. The number of hydrogen-bond donors (Lipinski definition) is 1. The molecular formula is C12H17NO. The first-order valence-electron chi connectivity index (χ1n) is 5.25. The zero-order chi connectivity index (χ0) is 9.97. The lowest BCUT2D eigenvalue weighted by Crippen LogP contribution is -2.11. The van der Waals surface area contributed by atoms with Crippen molar-refractivity contribution in [1.82, 2.24) is 5.32 Å². The molecule has 0 aliphatic carbocycles. The van der Waals surface area contributed by atoms with Crippen molar-refractivity contribution in [3.8, 4) is 5.75 Å². The quantitative estimate of drug-likeness (QED) is 0.793. The van der Waals surface area contributed by atoms with Gasteiger partial charge in [-0.25, -0.2) is 0 Å². The molecule has 1 aromatic carbocycles. The summed E-state index contributed by atoms with van der Waals surface area (Å²) >= 11 is 0. The number of hydrogen-bond acceptors (Lipinski definition) is 2. The van der Waals surface area contributed by atoms with E-state index in [0.717, 1.165) is 12.3 Å². The first kappa shape index (κ1) is 9.53. The van der Waals surface area contributed by atoms with Crippen molar-refractivity contribution in [2.45, 2.75) is 32.4 Å². The van der Waals surface area contributed by atoms with Crippen molar-refractivity contribution >= 4 is 0 Å². The third-order valence-corrected chi connectivity index (χ3v) is 2.84. The van der Waals surface area contributed by atoms with E-state index in [-0.39, 0.29) is 0 Å². The normalized spacial score (nSPS) is 19.4. The summed E-state index contributed by atoms with van der Waals surface area (Å²) in [4.78, 5) is 0. The number of benzene rings is 1. The van der Waals surface area contributed by atoms with Gasteiger partial charge in [0, 0.05) is 12.6 Å². The molecule has 2 nitrogen and oxygen atoms in total. The molecule has 0 radical (unpaired) electrons. The summed E-state index contributed by atoms with van der Waals surface area (Å²) in [5.41, 5.74) is 2.84. The van der Waals surface area contributed by atoms with E-state index in [4.69, 9.17) is 4.74 Å². The van der Waals surface area contributed by atoms with E-state index < -0.39 is 0 Å². The predicted molar refractivity (Wildman–Crippen MR) is 57.5 cm³/mol. The second-order valence-electron chi connectivity index (χ2n) is 3.79. The topological polar surface area (TPSA) is 21.3 Å². The van der Waals surface area contributed by atoms with E-state index in [9.17, 15) is 0 Å². The van der Waals surface area contributed by atoms with Crippen LogP contribution in [0.2, 0.25) is 0 Å². The van der Waals surface area contributed by atoms with Gasteiger partial charge in [-0.05, 0) is 29.7 Å². The number of nitrogens with one attached hydrogen (secondary N) is 1. The number of ether oxygens (including phenoxy) is 1. The number of methoxy groups -OCH3 is 1. The van der Waals surface area contributed by atoms with Gasteiger partial charge >= 0.3 is 0 Å². The van der Waals surface area contributed by atoms with Crippen LogP contribution in [0.5, 0.6) is 5.75 Å². The molecule has 0 amide bonds. The molecule has 14 heavy (non-hydrogen) atoms. The van der Waals surface area contributed by atoms with Gasteiger partial charge in [-0.15, -0.1) is 0 Å². The molecule has 76 valence electrons. The van der Waals surface area contributed by atoms with Crippen LogP contribution >= 0.6 is 0 Å². The van der Waals surface area contributed by atoms with E-state index in [1.165, 1.54) is 24.0 Å². The Bertz CT molecular complexity index is 320. The van der Waals surface area contributed by atoms with Gasteiger partial charge in [0.05, 0.1) is 7.11 Å². The Morgan fingerprint density at radius 2 is 2.36 bits per heavy atom. The first-order chi connectivity index (χ1) is 6.85. The predicted octanol–water partition coefficient (Wildman–Crippen LogP) is 2.64. The molecule has 0 saturated heterocycles. The summed E-state index contributed by atoms with van der Waals surface area (Å²) in [5.74, 6) is 0.966. The highest BCUT2D eigenvalue weighted by Crippen LogP contribution is 2.31. The average molecular weight is 191 g/mol.